The molecule has 1 aliphatic carbocycles. The van der Waals surface area contributed by atoms with Crippen LogP contribution < -0.4 is 0 Å². The summed E-state index contributed by atoms with van der Waals surface area (Å²) in [5.74, 6) is -0.591. The van der Waals surface area contributed by atoms with Crippen molar-refractivity contribution in [1.29, 1.82) is 0 Å². The van der Waals surface area contributed by atoms with E-state index in [0.29, 0.717) is 13.0 Å². The molecular formula is C14H16N2O3. The van der Waals surface area contributed by atoms with Gasteiger partial charge in [-0.15, -0.1) is 0 Å². The van der Waals surface area contributed by atoms with E-state index in [1.54, 1.807) is 4.90 Å². The smallest absolute Gasteiger partial charge is 0.298 e. The zero-order chi connectivity index (χ0) is 13.4. The standard InChI is InChI=1S/C14H16N2O3/c17-14-13(16(18)19)12(10-4-2-1-3-5-10)8-9-15(14)11-6-7-11/h1-5,11-13H,6-9H2. The van der Waals surface area contributed by atoms with E-state index in [0.717, 1.165) is 18.4 Å². The van der Waals surface area contributed by atoms with E-state index in [1.807, 2.05) is 30.3 Å². The maximum absolute atomic E-state index is 12.3. The summed E-state index contributed by atoms with van der Waals surface area (Å²) < 4.78 is 0. The highest BCUT2D eigenvalue weighted by Crippen LogP contribution is 2.36. The van der Waals surface area contributed by atoms with Gasteiger partial charge in [0.2, 0.25) is 0 Å². The van der Waals surface area contributed by atoms with Crippen LogP contribution in [-0.2, 0) is 4.79 Å². The Hall–Kier alpha value is -1.91. The molecule has 0 spiro atoms. The van der Waals surface area contributed by atoms with Crippen molar-refractivity contribution >= 4 is 5.91 Å². The number of likely N-dealkylation sites (tertiary alicyclic amines) is 1. The Morgan fingerprint density at radius 3 is 2.42 bits per heavy atom. The fraction of sp³-hybridized carbons (Fsp3) is 0.500. The fourth-order valence-electron chi connectivity index (χ4n) is 2.92. The van der Waals surface area contributed by atoms with Crippen molar-refractivity contribution in [2.24, 2.45) is 0 Å². The molecule has 2 atom stereocenters. The second kappa shape index (κ2) is 4.64. The Bertz CT molecular complexity index is 499. The van der Waals surface area contributed by atoms with Crippen molar-refractivity contribution in [2.75, 3.05) is 6.54 Å². The number of piperidine rings is 1. The van der Waals surface area contributed by atoms with E-state index in [2.05, 4.69) is 0 Å². The molecule has 100 valence electrons. The Morgan fingerprint density at radius 1 is 1.16 bits per heavy atom. The summed E-state index contributed by atoms with van der Waals surface area (Å²) in [5.41, 5.74) is 0.896. The van der Waals surface area contributed by atoms with E-state index in [4.69, 9.17) is 0 Å². The first-order valence-electron chi connectivity index (χ1n) is 6.67. The molecule has 2 aliphatic rings. The van der Waals surface area contributed by atoms with Gasteiger partial charge in [0, 0.05) is 17.5 Å². The normalized spacial score (nSPS) is 27.4. The third kappa shape index (κ3) is 2.20. The van der Waals surface area contributed by atoms with Gasteiger partial charge in [-0.25, -0.2) is 0 Å². The minimum atomic E-state index is -1.11. The molecule has 0 N–H and O–H groups in total. The van der Waals surface area contributed by atoms with Crippen molar-refractivity contribution in [1.82, 2.24) is 4.90 Å². The summed E-state index contributed by atoms with van der Waals surface area (Å²) in [5, 5.41) is 11.3. The number of rotatable bonds is 3. The number of nitrogens with zero attached hydrogens (tertiary/aromatic N) is 2. The molecule has 1 aliphatic heterocycles. The van der Waals surface area contributed by atoms with Crippen LogP contribution in [0.15, 0.2) is 30.3 Å². The summed E-state index contributed by atoms with van der Waals surface area (Å²) in [4.78, 5) is 24.9. The van der Waals surface area contributed by atoms with Crippen LogP contribution in [0.2, 0.25) is 0 Å². The number of hydrogen-bond donors (Lipinski definition) is 0. The third-order valence-corrected chi connectivity index (χ3v) is 4.04. The number of carbonyl (C=O) groups excluding carboxylic acids is 1. The van der Waals surface area contributed by atoms with Gasteiger partial charge >= 0.3 is 0 Å². The molecule has 3 rings (SSSR count). The predicted molar refractivity (Wildman–Crippen MR) is 69.3 cm³/mol. The van der Waals surface area contributed by atoms with Gasteiger partial charge in [0.25, 0.3) is 11.9 Å². The molecule has 1 saturated heterocycles. The van der Waals surface area contributed by atoms with Gasteiger partial charge in [-0.1, -0.05) is 30.3 Å². The summed E-state index contributed by atoms with van der Waals surface area (Å²) in [6.45, 7) is 0.646. The first-order valence-corrected chi connectivity index (χ1v) is 6.67. The van der Waals surface area contributed by atoms with Crippen LogP contribution in [0.3, 0.4) is 0 Å². The van der Waals surface area contributed by atoms with Gasteiger partial charge in [-0.2, -0.15) is 0 Å². The molecule has 1 heterocycles. The molecule has 2 fully saturated rings. The SMILES string of the molecule is O=C1C([N+](=O)[O-])C(c2ccccc2)CCN1C1CC1. The Balaban J connectivity index is 1.88. The van der Waals surface area contributed by atoms with E-state index in [1.165, 1.54) is 0 Å². The lowest BCUT2D eigenvalue weighted by molar-refractivity contribution is -0.515. The molecule has 0 aromatic heterocycles. The molecule has 1 saturated carbocycles. The summed E-state index contributed by atoms with van der Waals surface area (Å²) in [6.07, 6.45) is 2.66. The topological polar surface area (TPSA) is 63.4 Å². The van der Waals surface area contributed by atoms with E-state index in [-0.39, 0.29) is 17.9 Å². The van der Waals surface area contributed by atoms with Gasteiger partial charge in [-0.3, -0.25) is 14.9 Å². The minimum absolute atomic E-state index is 0.256. The van der Waals surface area contributed by atoms with Crippen molar-refractivity contribution in [3.8, 4) is 0 Å². The van der Waals surface area contributed by atoms with Crippen LogP contribution in [0.25, 0.3) is 0 Å². The minimum Gasteiger partial charge on any atom is -0.334 e. The summed E-state index contributed by atoms with van der Waals surface area (Å²) in [7, 11) is 0. The second-order valence-electron chi connectivity index (χ2n) is 5.30. The third-order valence-electron chi connectivity index (χ3n) is 4.04. The Morgan fingerprint density at radius 2 is 1.84 bits per heavy atom. The predicted octanol–water partition coefficient (Wildman–Crippen LogP) is 1.81. The van der Waals surface area contributed by atoms with Gasteiger partial charge in [0.1, 0.15) is 0 Å². The average molecular weight is 260 g/mol. The van der Waals surface area contributed by atoms with E-state index >= 15 is 0 Å². The van der Waals surface area contributed by atoms with E-state index in [9.17, 15) is 14.9 Å². The lowest BCUT2D eigenvalue weighted by atomic mass is 9.85. The first-order chi connectivity index (χ1) is 9.18. The van der Waals surface area contributed by atoms with Crippen LogP contribution in [0.5, 0.6) is 0 Å². The van der Waals surface area contributed by atoms with Crippen LogP contribution in [0, 0.1) is 10.1 Å². The molecule has 19 heavy (non-hydrogen) atoms. The molecule has 5 nitrogen and oxygen atoms in total. The fourth-order valence-corrected chi connectivity index (χ4v) is 2.92. The highest BCUT2D eigenvalue weighted by Gasteiger charge is 2.49. The Labute approximate surface area is 111 Å². The molecule has 1 aromatic rings. The molecule has 2 unspecified atom stereocenters. The monoisotopic (exact) mass is 260 g/mol. The zero-order valence-electron chi connectivity index (χ0n) is 10.6. The quantitative estimate of drug-likeness (QED) is 0.615. The zero-order valence-corrected chi connectivity index (χ0v) is 10.6. The molecule has 1 aromatic carbocycles. The van der Waals surface area contributed by atoms with E-state index < -0.39 is 11.0 Å². The van der Waals surface area contributed by atoms with Gasteiger partial charge in [0.15, 0.2) is 0 Å². The lowest BCUT2D eigenvalue weighted by Gasteiger charge is -2.33. The number of benzene rings is 1. The Kier molecular flexibility index (Phi) is 2.97. The largest absolute Gasteiger partial charge is 0.334 e. The highest BCUT2D eigenvalue weighted by atomic mass is 16.6. The summed E-state index contributed by atoms with van der Waals surface area (Å²) >= 11 is 0. The molecule has 1 amide bonds. The van der Waals surface area contributed by atoms with Crippen LogP contribution in [-0.4, -0.2) is 34.4 Å². The maximum atomic E-state index is 12.3. The van der Waals surface area contributed by atoms with Crippen LogP contribution in [0.1, 0.15) is 30.7 Å². The second-order valence-corrected chi connectivity index (χ2v) is 5.30. The average Bonchev–Trinajstić information content (AvgIpc) is 3.23. The number of hydrogen-bond acceptors (Lipinski definition) is 3. The van der Waals surface area contributed by atoms with Crippen molar-refractivity contribution in [3.05, 3.63) is 46.0 Å². The van der Waals surface area contributed by atoms with Gasteiger partial charge < -0.3 is 4.90 Å². The van der Waals surface area contributed by atoms with Crippen molar-refractivity contribution in [3.63, 3.8) is 0 Å². The first kappa shape index (κ1) is 12.1. The van der Waals surface area contributed by atoms with Crippen LogP contribution in [0.4, 0.5) is 0 Å². The highest BCUT2D eigenvalue weighted by molar-refractivity contribution is 5.83. The molecule has 0 radical (unpaired) electrons. The molecule has 0 bridgehead atoms. The van der Waals surface area contributed by atoms with Gasteiger partial charge in [0.05, 0.1) is 5.92 Å². The number of carbonyl (C=O) groups is 1. The molecular weight excluding hydrogens is 244 g/mol. The van der Waals surface area contributed by atoms with Crippen LogP contribution >= 0.6 is 0 Å². The van der Waals surface area contributed by atoms with Crippen molar-refractivity contribution in [2.45, 2.75) is 37.3 Å². The maximum Gasteiger partial charge on any atom is 0.298 e. The summed E-state index contributed by atoms with van der Waals surface area (Å²) in [6, 6.07) is 8.51. The number of nitro groups is 1. The lowest BCUT2D eigenvalue weighted by Crippen LogP contribution is -2.52. The molecule has 5 heteroatoms. The van der Waals surface area contributed by atoms with Crippen molar-refractivity contribution < 1.29 is 9.72 Å². The number of amides is 1. The van der Waals surface area contributed by atoms with Gasteiger partial charge in [-0.05, 0) is 24.8 Å².